The molecular formula is C8H14O4. The molecule has 0 fully saturated rings. The van der Waals surface area contributed by atoms with Crippen molar-refractivity contribution in [3.63, 3.8) is 0 Å². The third kappa shape index (κ3) is 3.37. The van der Waals surface area contributed by atoms with Gasteiger partial charge in [0.05, 0.1) is 19.4 Å². The number of carboxylic acid groups (broad SMARTS) is 1. The molecule has 12 heavy (non-hydrogen) atoms. The molecule has 0 aliphatic carbocycles. The lowest BCUT2D eigenvalue weighted by Gasteiger charge is -2.13. The molecule has 0 spiro atoms. The molecule has 0 saturated heterocycles. The molecule has 0 amide bonds. The SMILES string of the molecule is COC(=O)C[C@@H](C(=O)O)C(C)C. The van der Waals surface area contributed by atoms with Gasteiger partial charge in [0.15, 0.2) is 0 Å². The smallest absolute Gasteiger partial charge is 0.307 e. The highest BCUT2D eigenvalue weighted by Crippen LogP contribution is 2.15. The van der Waals surface area contributed by atoms with Gasteiger partial charge in [0, 0.05) is 0 Å². The molecule has 0 aromatic carbocycles. The molecule has 4 heteroatoms. The Morgan fingerprint density at radius 3 is 2.17 bits per heavy atom. The van der Waals surface area contributed by atoms with Crippen molar-refractivity contribution in [3.8, 4) is 0 Å². The second-order valence-corrected chi connectivity index (χ2v) is 2.97. The second-order valence-electron chi connectivity index (χ2n) is 2.97. The molecule has 0 rings (SSSR count). The first-order chi connectivity index (χ1) is 5.49. The Hall–Kier alpha value is -1.06. The van der Waals surface area contributed by atoms with Gasteiger partial charge in [-0.1, -0.05) is 13.8 Å². The number of aliphatic carboxylic acids is 1. The van der Waals surface area contributed by atoms with Gasteiger partial charge in [-0.25, -0.2) is 0 Å². The first-order valence-electron chi connectivity index (χ1n) is 3.78. The highest BCUT2D eigenvalue weighted by molar-refractivity contribution is 5.78. The van der Waals surface area contributed by atoms with Gasteiger partial charge in [0.1, 0.15) is 0 Å². The van der Waals surface area contributed by atoms with Crippen LogP contribution in [0.4, 0.5) is 0 Å². The van der Waals surface area contributed by atoms with Crippen LogP contribution in [-0.2, 0) is 14.3 Å². The predicted octanol–water partition coefficient (Wildman–Crippen LogP) is 0.906. The van der Waals surface area contributed by atoms with E-state index in [1.165, 1.54) is 7.11 Å². The normalized spacial score (nSPS) is 12.7. The molecule has 0 aromatic heterocycles. The van der Waals surface area contributed by atoms with Gasteiger partial charge in [-0.3, -0.25) is 9.59 Å². The van der Waals surface area contributed by atoms with Crippen LogP contribution < -0.4 is 0 Å². The summed E-state index contributed by atoms with van der Waals surface area (Å²) in [7, 11) is 1.25. The minimum Gasteiger partial charge on any atom is -0.481 e. The number of methoxy groups -OCH3 is 1. The minimum absolute atomic E-state index is 0.0521. The van der Waals surface area contributed by atoms with Crippen LogP contribution in [0.5, 0.6) is 0 Å². The van der Waals surface area contributed by atoms with Crippen molar-refractivity contribution < 1.29 is 19.4 Å². The molecule has 1 N–H and O–H groups in total. The van der Waals surface area contributed by atoms with E-state index in [-0.39, 0.29) is 12.3 Å². The Balaban J connectivity index is 4.14. The quantitative estimate of drug-likeness (QED) is 0.643. The summed E-state index contributed by atoms with van der Waals surface area (Å²) in [5.41, 5.74) is 0. The van der Waals surface area contributed by atoms with E-state index in [4.69, 9.17) is 5.11 Å². The van der Waals surface area contributed by atoms with Crippen LogP contribution in [0.15, 0.2) is 0 Å². The largest absolute Gasteiger partial charge is 0.481 e. The fraction of sp³-hybridized carbons (Fsp3) is 0.750. The zero-order chi connectivity index (χ0) is 9.72. The minimum atomic E-state index is -0.949. The van der Waals surface area contributed by atoms with Gasteiger partial charge >= 0.3 is 11.9 Å². The van der Waals surface area contributed by atoms with Crippen molar-refractivity contribution in [2.24, 2.45) is 11.8 Å². The van der Waals surface area contributed by atoms with Gasteiger partial charge < -0.3 is 9.84 Å². The second kappa shape index (κ2) is 4.74. The molecule has 70 valence electrons. The first-order valence-corrected chi connectivity index (χ1v) is 3.78. The van der Waals surface area contributed by atoms with Crippen LogP contribution in [0.2, 0.25) is 0 Å². The average Bonchev–Trinajstić information content (AvgIpc) is 1.98. The lowest BCUT2D eigenvalue weighted by molar-refractivity contribution is -0.151. The van der Waals surface area contributed by atoms with E-state index in [1.54, 1.807) is 13.8 Å². The van der Waals surface area contributed by atoms with E-state index < -0.39 is 17.9 Å². The summed E-state index contributed by atoms with van der Waals surface area (Å²) in [4.78, 5) is 21.3. The summed E-state index contributed by atoms with van der Waals surface area (Å²) in [5, 5.41) is 8.68. The van der Waals surface area contributed by atoms with Crippen LogP contribution in [0.3, 0.4) is 0 Å². The van der Waals surface area contributed by atoms with Gasteiger partial charge in [0.2, 0.25) is 0 Å². The van der Waals surface area contributed by atoms with E-state index in [2.05, 4.69) is 4.74 Å². The Morgan fingerprint density at radius 2 is 1.92 bits per heavy atom. The maximum atomic E-state index is 10.7. The molecule has 0 saturated carbocycles. The predicted molar refractivity (Wildman–Crippen MR) is 42.6 cm³/mol. The van der Waals surface area contributed by atoms with Crippen molar-refractivity contribution in [2.75, 3.05) is 7.11 Å². The molecule has 1 atom stereocenters. The van der Waals surface area contributed by atoms with Gasteiger partial charge in [-0.15, -0.1) is 0 Å². The van der Waals surface area contributed by atoms with Gasteiger partial charge in [0.25, 0.3) is 0 Å². The van der Waals surface area contributed by atoms with Crippen LogP contribution in [0.25, 0.3) is 0 Å². The average molecular weight is 174 g/mol. The van der Waals surface area contributed by atoms with Crippen LogP contribution in [0.1, 0.15) is 20.3 Å². The number of ether oxygens (including phenoxy) is 1. The summed E-state index contributed by atoms with van der Waals surface area (Å²) >= 11 is 0. The van der Waals surface area contributed by atoms with Crippen molar-refractivity contribution >= 4 is 11.9 Å². The van der Waals surface area contributed by atoms with Crippen LogP contribution in [0, 0.1) is 11.8 Å². The van der Waals surface area contributed by atoms with Crippen molar-refractivity contribution in [1.29, 1.82) is 0 Å². The Morgan fingerprint density at radius 1 is 1.42 bits per heavy atom. The fourth-order valence-electron chi connectivity index (χ4n) is 0.871. The highest BCUT2D eigenvalue weighted by Gasteiger charge is 2.24. The molecule has 0 unspecified atom stereocenters. The Labute approximate surface area is 71.5 Å². The maximum Gasteiger partial charge on any atom is 0.307 e. The monoisotopic (exact) mass is 174 g/mol. The highest BCUT2D eigenvalue weighted by atomic mass is 16.5. The number of esters is 1. The fourth-order valence-corrected chi connectivity index (χ4v) is 0.871. The number of carboxylic acids is 1. The summed E-state index contributed by atoms with van der Waals surface area (Å²) in [5.74, 6) is -2.12. The number of hydrogen-bond donors (Lipinski definition) is 1. The lowest BCUT2D eigenvalue weighted by Crippen LogP contribution is -2.23. The standard InChI is InChI=1S/C8H14O4/c1-5(2)6(8(10)11)4-7(9)12-3/h5-6H,4H2,1-3H3,(H,10,11)/t6-/m1/s1. The van der Waals surface area contributed by atoms with Crippen LogP contribution >= 0.6 is 0 Å². The molecule has 0 aliphatic rings. The third-order valence-electron chi connectivity index (χ3n) is 1.74. The number of rotatable bonds is 4. The molecule has 0 aliphatic heterocycles. The van der Waals surface area contributed by atoms with E-state index in [0.29, 0.717) is 0 Å². The van der Waals surface area contributed by atoms with Crippen molar-refractivity contribution in [1.82, 2.24) is 0 Å². The van der Waals surface area contributed by atoms with Crippen LogP contribution in [-0.4, -0.2) is 24.2 Å². The summed E-state index contributed by atoms with van der Waals surface area (Å²) in [6.45, 7) is 3.53. The van der Waals surface area contributed by atoms with E-state index in [1.807, 2.05) is 0 Å². The molecule has 0 heterocycles. The topological polar surface area (TPSA) is 63.6 Å². The number of carbonyl (C=O) groups is 2. The first kappa shape index (κ1) is 10.9. The number of carbonyl (C=O) groups excluding carboxylic acids is 1. The zero-order valence-corrected chi connectivity index (χ0v) is 7.53. The zero-order valence-electron chi connectivity index (χ0n) is 7.53. The van der Waals surface area contributed by atoms with Gasteiger partial charge in [-0.05, 0) is 5.92 Å². The summed E-state index contributed by atoms with van der Waals surface area (Å²) < 4.78 is 4.38. The maximum absolute atomic E-state index is 10.7. The Bertz CT molecular complexity index is 174. The number of hydrogen-bond acceptors (Lipinski definition) is 3. The molecular weight excluding hydrogens is 160 g/mol. The molecule has 0 aromatic rings. The van der Waals surface area contributed by atoms with E-state index in [0.717, 1.165) is 0 Å². The van der Waals surface area contributed by atoms with Crippen molar-refractivity contribution in [2.45, 2.75) is 20.3 Å². The molecule has 4 nitrogen and oxygen atoms in total. The van der Waals surface area contributed by atoms with E-state index in [9.17, 15) is 9.59 Å². The molecule has 0 radical (unpaired) electrons. The lowest BCUT2D eigenvalue weighted by atomic mass is 9.93. The van der Waals surface area contributed by atoms with Gasteiger partial charge in [-0.2, -0.15) is 0 Å². The van der Waals surface area contributed by atoms with Crippen molar-refractivity contribution in [3.05, 3.63) is 0 Å². The molecule has 0 bridgehead atoms. The van der Waals surface area contributed by atoms with E-state index >= 15 is 0 Å². The summed E-state index contributed by atoms with van der Waals surface area (Å²) in [6, 6.07) is 0. The third-order valence-corrected chi connectivity index (χ3v) is 1.74. The Kier molecular flexibility index (Phi) is 4.33. The summed E-state index contributed by atoms with van der Waals surface area (Å²) in [6.07, 6.45) is -0.0521.